The number of benzene rings is 2. The van der Waals surface area contributed by atoms with Gasteiger partial charge in [0.05, 0.1) is 25.9 Å². The smallest absolute Gasteiger partial charge is 0.414 e. The molecule has 26 nitrogen and oxygen atoms in total. The van der Waals surface area contributed by atoms with E-state index in [1.54, 1.807) is 13.8 Å². The van der Waals surface area contributed by atoms with Crippen molar-refractivity contribution in [3.63, 3.8) is 0 Å². The average Bonchev–Trinajstić information content (AvgIpc) is 4.17. The topological polar surface area (TPSA) is 323 Å². The third-order valence-electron chi connectivity index (χ3n) is 11.9. The number of aromatic nitrogens is 12. The number of hydrogen-bond donors (Lipinski definition) is 4. The minimum atomic E-state index is -1.82. The number of hydrogen-bond acceptors (Lipinski definition) is 18. The number of nitrogens with one attached hydrogen (secondary N) is 2. The Balaban J connectivity index is 0.000000206. The van der Waals surface area contributed by atoms with Gasteiger partial charge in [0.1, 0.15) is 11.1 Å². The molecule has 6 aromatic rings. The number of carboxylic acids is 2. The van der Waals surface area contributed by atoms with Gasteiger partial charge >= 0.3 is 23.3 Å². The van der Waals surface area contributed by atoms with Crippen LogP contribution in [0.25, 0.3) is 0 Å². The average molecular weight is 971 g/mol. The molecule has 2 fully saturated rings. The fourth-order valence-corrected chi connectivity index (χ4v) is 8.03. The van der Waals surface area contributed by atoms with E-state index in [4.69, 9.17) is 28.6 Å². The Kier molecular flexibility index (Phi) is 17.7. The van der Waals surface area contributed by atoms with Crippen LogP contribution in [0, 0.1) is 13.8 Å². The number of aliphatic carboxylic acids is 2. The fraction of sp³-hybridized carbons (Fsp3) is 0.500. The van der Waals surface area contributed by atoms with Crippen molar-refractivity contribution < 1.29 is 38.2 Å². The van der Waals surface area contributed by atoms with Crippen LogP contribution in [0.1, 0.15) is 74.2 Å². The summed E-state index contributed by atoms with van der Waals surface area (Å²) in [5.74, 6) is -1.98. The van der Waals surface area contributed by atoms with E-state index < -0.39 is 23.0 Å². The summed E-state index contributed by atoms with van der Waals surface area (Å²) in [6.45, 7) is 13.3. The number of rotatable bonds is 16. The maximum atomic E-state index is 12.9. The number of carboxylic acid groups (broad SMARTS) is 2. The van der Waals surface area contributed by atoms with Crippen LogP contribution in [-0.4, -0.2) is 143 Å². The van der Waals surface area contributed by atoms with E-state index in [2.05, 4.69) is 61.7 Å². The number of carbonyl (C=O) groups is 4. The van der Waals surface area contributed by atoms with Crippen LogP contribution in [0.3, 0.4) is 0 Å². The lowest BCUT2D eigenvalue weighted by Crippen LogP contribution is -2.54. The molecular weight excluding hydrogens is 913 g/mol. The Morgan fingerprint density at radius 1 is 0.543 bits per heavy atom. The van der Waals surface area contributed by atoms with Gasteiger partial charge in [0, 0.05) is 66.2 Å². The number of carbonyl (C=O) groups excluding carboxylic acids is 2. The molecule has 0 spiro atoms. The van der Waals surface area contributed by atoms with Crippen LogP contribution in [-0.2, 0) is 69.3 Å². The van der Waals surface area contributed by atoms with Gasteiger partial charge in [-0.15, -0.1) is 20.4 Å². The molecule has 0 saturated carbocycles. The summed E-state index contributed by atoms with van der Waals surface area (Å²) >= 11 is 0. The van der Waals surface area contributed by atoms with Crippen molar-refractivity contribution in [3.05, 3.63) is 116 Å². The van der Waals surface area contributed by atoms with E-state index in [9.17, 15) is 19.2 Å². The SMILES string of the molecule is CCn1nnn(CCN2CCC(NC(=O)Cc3ccccc3)(c3nnc(C)o3)CC2)c1=O.CCn1nnn(CCN2CCC(NC(=O)Cc3ccccc3)(c3nnc(C)o3)CC2)c1=O.O=C(O)C(=O)O. The monoisotopic (exact) mass is 970 g/mol. The van der Waals surface area contributed by atoms with E-state index in [1.807, 2.05) is 74.5 Å². The molecule has 4 aromatic heterocycles. The number of aryl methyl sites for hydroxylation is 4. The van der Waals surface area contributed by atoms with Gasteiger partial charge in [-0.3, -0.25) is 9.59 Å². The summed E-state index contributed by atoms with van der Waals surface area (Å²) < 4.78 is 16.9. The quantitative estimate of drug-likeness (QED) is 0.0939. The first-order valence-electron chi connectivity index (χ1n) is 22.9. The molecule has 6 heterocycles. The van der Waals surface area contributed by atoms with Crippen molar-refractivity contribution in [2.75, 3.05) is 39.3 Å². The van der Waals surface area contributed by atoms with E-state index in [0.29, 0.717) is 115 Å². The molecule has 0 atom stereocenters. The molecule has 2 amide bonds. The zero-order chi connectivity index (χ0) is 50.3. The second-order valence-electron chi connectivity index (χ2n) is 16.7. The lowest BCUT2D eigenvalue weighted by molar-refractivity contribution is -0.159. The van der Waals surface area contributed by atoms with Crippen LogP contribution in [0.2, 0.25) is 0 Å². The first-order chi connectivity index (χ1) is 33.6. The van der Waals surface area contributed by atoms with Gasteiger partial charge in [-0.25, -0.2) is 19.2 Å². The van der Waals surface area contributed by atoms with Gasteiger partial charge in [-0.1, -0.05) is 60.7 Å². The molecule has 0 aliphatic carbocycles. The number of piperidine rings is 2. The number of nitrogens with zero attached hydrogens (tertiary/aromatic N) is 14. The molecule has 4 N–H and O–H groups in total. The Morgan fingerprint density at radius 3 is 1.17 bits per heavy atom. The Labute approximate surface area is 400 Å². The van der Waals surface area contributed by atoms with Crippen molar-refractivity contribution in [2.24, 2.45) is 0 Å². The Bertz CT molecular complexity index is 2580. The minimum Gasteiger partial charge on any atom is -0.473 e. The first-order valence-corrected chi connectivity index (χ1v) is 22.9. The summed E-state index contributed by atoms with van der Waals surface area (Å²) in [7, 11) is 0. The Hall–Kier alpha value is -7.74. The molecule has 0 bridgehead atoms. The third kappa shape index (κ3) is 13.7. The van der Waals surface area contributed by atoms with Crippen molar-refractivity contribution in [1.82, 2.24) is 80.4 Å². The van der Waals surface area contributed by atoms with Gasteiger partial charge in [-0.2, -0.15) is 18.7 Å². The molecule has 2 aliphatic rings. The zero-order valence-corrected chi connectivity index (χ0v) is 39.5. The van der Waals surface area contributed by atoms with Crippen molar-refractivity contribution in [3.8, 4) is 0 Å². The molecule has 70 heavy (non-hydrogen) atoms. The molecule has 2 aliphatic heterocycles. The van der Waals surface area contributed by atoms with Crippen LogP contribution < -0.4 is 22.0 Å². The zero-order valence-electron chi connectivity index (χ0n) is 39.5. The van der Waals surface area contributed by atoms with Crippen molar-refractivity contribution in [2.45, 2.75) is 103 Å². The Morgan fingerprint density at radius 2 is 0.886 bits per heavy atom. The summed E-state index contributed by atoms with van der Waals surface area (Å²) in [5.41, 5.74) is 0.0916. The molecule has 374 valence electrons. The maximum Gasteiger partial charge on any atom is 0.414 e. The number of tetrazole rings is 2. The number of amides is 2. The number of likely N-dealkylation sites (tertiary alicyclic amines) is 2. The molecule has 8 rings (SSSR count). The van der Waals surface area contributed by atoms with Gasteiger partial charge in [0.15, 0.2) is 0 Å². The molecular formula is C44H58N16O10. The third-order valence-corrected chi connectivity index (χ3v) is 11.9. The molecule has 0 radical (unpaired) electrons. The fourth-order valence-electron chi connectivity index (χ4n) is 8.03. The van der Waals surface area contributed by atoms with Crippen LogP contribution in [0.15, 0.2) is 79.1 Å². The highest BCUT2D eigenvalue weighted by atomic mass is 16.4. The van der Waals surface area contributed by atoms with E-state index >= 15 is 0 Å². The first kappa shape index (κ1) is 51.6. The largest absolute Gasteiger partial charge is 0.473 e. The lowest BCUT2D eigenvalue weighted by Gasteiger charge is -2.40. The summed E-state index contributed by atoms with van der Waals surface area (Å²) in [6.07, 6.45) is 3.10. The highest BCUT2D eigenvalue weighted by Crippen LogP contribution is 2.34. The van der Waals surface area contributed by atoms with Crippen LogP contribution in [0.4, 0.5) is 0 Å². The highest BCUT2D eigenvalue weighted by molar-refractivity contribution is 6.27. The van der Waals surface area contributed by atoms with E-state index in [-0.39, 0.29) is 36.0 Å². The maximum absolute atomic E-state index is 12.9. The van der Waals surface area contributed by atoms with Crippen LogP contribution >= 0.6 is 0 Å². The predicted molar refractivity (Wildman–Crippen MR) is 245 cm³/mol. The van der Waals surface area contributed by atoms with E-state index in [1.165, 1.54) is 18.7 Å². The van der Waals surface area contributed by atoms with Crippen molar-refractivity contribution in [1.29, 1.82) is 0 Å². The molecule has 0 unspecified atom stereocenters. The normalized spacial score (nSPS) is 15.4. The van der Waals surface area contributed by atoms with Crippen molar-refractivity contribution >= 4 is 23.8 Å². The second kappa shape index (κ2) is 24.0. The summed E-state index contributed by atoms with van der Waals surface area (Å²) in [5, 5.41) is 53.1. The molecule has 2 saturated heterocycles. The summed E-state index contributed by atoms with van der Waals surface area (Å²) in [6, 6.07) is 19.3. The summed E-state index contributed by atoms with van der Waals surface area (Å²) in [4.78, 5) is 72.7. The van der Waals surface area contributed by atoms with Gasteiger partial charge in [0.25, 0.3) is 0 Å². The van der Waals surface area contributed by atoms with Crippen LogP contribution in [0.5, 0.6) is 0 Å². The molecule has 2 aromatic carbocycles. The lowest BCUT2D eigenvalue weighted by atomic mass is 9.86. The minimum absolute atomic E-state index is 0.0803. The standard InChI is InChI=1S/2C21H28N8O3.C2H2O4/c2*1-3-28-20(31)29(26-25-28)14-13-27-11-9-21(10-12-27,19-24-23-16(2)32-19)22-18(30)15-17-7-5-4-6-8-17;3-1(4)2(5)6/h2*4-8H,3,9-15H2,1-2H3,(H,22,30);(H,3,4)(H,5,6). The second-order valence-corrected chi connectivity index (χ2v) is 16.7. The predicted octanol–water partition coefficient (Wildman–Crippen LogP) is 0.158. The molecule has 26 heteroatoms. The van der Waals surface area contributed by atoms with Gasteiger partial charge < -0.3 is 39.5 Å². The highest BCUT2D eigenvalue weighted by Gasteiger charge is 2.43. The van der Waals surface area contributed by atoms with E-state index in [0.717, 1.165) is 11.1 Å². The van der Waals surface area contributed by atoms with Gasteiger partial charge in [0.2, 0.25) is 35.4 Å². The van der Waals surface area contributed by atoms with Gasteiger partial charge in [-0.05, 0) is 71.5 Å².